The highest BCUT2D eigenvalue weighted by atomic mass is 16.3. The summed E-state index contributed by atoms with van der Waals surface area (Å²) < 4.78 is 0. The van der Waals surface area contributed by atoms with Gasteiger partial charge in [0.15, 0.2) is 0 Å². The number of hydrogen-bond donors (Lipinski definition) is 3. The highest BCUT2D eigenvalue weighted by molar-refractivity contribution is 4.83. The molecule has 0 radical (unpaired) electrons. The molecule has 0 aromatic rings. The Bertz CT molecular complexity index is 99.9. The van der Waals surface area contributed by atoms with E-state index in [1.165, 1.54) is 0 Å². The Labute approximate surface area is 67.7 Å². The van der Waals surface area contributed by atoms with Crippen LogP contribution in [0.2, 0.25) is 0 Å². The van der Waals surface area contributed by atoms with Crippen molar-refractivity contribution < 1.29 is 15.3 Å². The fourth-order valence-electron chi connectivity index (χ4n) is 0.983. The molecule has 0 aromatic heterocycles. The summed E-state index contributed by atoms with van der Waals surface area (Å²) in [5.41, 5.74) is -0.622. The lowest BCUT2D eigenvalue weighted by Gasteiger charge is -2.33. The zero-order valence-corrected chi connectivity index (χ0v) is 7.41. The Kier molecular flexibility index (Phi) is 4.00. The van der Waals surface area contributed by atoms with Gasteiger partial charge in [0.2, 0.25) is 0 Å². The maximum atomic E-state index is 9.42. The monoisotopic (exact) mass is 162 g/mol. The van der Waals surface area contributed by atoms with E-state index in [1.807, 2.05) is 6.92 Å². The van der Waals surface area contributed by atoms with Crippen LogP contribution >= 0.6 is 0 Å². The molecule has 0 spiro atoms. The third kappa shape index (κ3) is 2.43. The minimum atomic E-state index is -0.850. The molecule has 0 amide bonds. The number of hydrogen-bond acceptors (Lipinski definition) is 3. The molecular formula is C8H18O3. The lowest BCUT2D eigenvalue weighted by molar-refractivity contribution is -0.0697. The molecule has 0 aliphatic rings. The van der Waals surface area contributed by atoms with Gasteiger partial charge >= 0.3 is 0 Å². The Hall–Kier alpha value is -0.120. The SMILES string of the molecule is CC[C@@H](O)C(C)(C)[C@@H](O)CO. The Balaban J connectivity index is 4.18. The van der Waals surface area contributed by atoms with Gasteiger partial charge in [0.25, 0.3) is 0 Å². The van der Waals surface area contributed by atoms with E-state index in [9.17, 15) is 10.2 Å². The topological polar surface area (TPSA) is 60.7 Å². The molecule has 0 heterocycles. The first-order chi connectivity index (χ1) is 4.96. The third-order valence-electron chi connectivity index (χ3n) is 2.28. The molecule has 11 heavy (non-hydrogen) atoms. The first kappa shape index (κ1) is 10.9. The molecule has 2 atom stereocenters. The molecule has 0 aliphatic carbocycles. The van der Waals surface area contributed by atoms with E-state index in [2.05, 4.69) is 0 Å². The van der Waals surface area contributed by atoms with Crippen molar-refractivity contribution in [1.82, 2.24) is 0 Å². The highest BCUT2D eigenvalue weighted by Gasteiger charge is 2.33. The maximum absolute atomic E-state index is 9.42. The Morgan fingerprint density at radius 2 is 1.64 bits per heavy atom. The molecule has 0 saturated carbocycles. The van der Waals surface area contributed by atoms with E-state index in [1.54, 1.807) is 13.8 Å². The van der Waals surface area contributed by atoms with Crippen molar-refractivity contribution in [3.05, 3.63) is 0 Å². The van der Waals surface area contributed by atoms with Gasteiger partial charge in [-0.2, -0.15) is 0 Å². The van der Waals surface area contributed by atoms with E-state index in [-0.39, 0.29) is 6.61 Å². The fraction of sp³-hybridized carbons (Fsp3) is 1.00. The second-order valence-electron chi connectivity index (χ2n) is 3.44. The van der Waals surface area contributed by atoms with Gasteiger partial charge in [-0.25, -0.2) is 0 Å². The van der Waals surface area contributed by atoms with Gasteiger partial charge in [-0.15, -0.1) is 0 Å². The van der Waals surface area contributed by atoms with Crippen molar-refractivity contribution >= 4 is 0 Å². The molecular weight excluding hydrogens is 144 g/mol. The van der Waals surface area contributed by atoms with Gasteiger partial charge in [0.1, 0.15) is 0 Å². The average molecular weight is 162 g/mol. The van der Waals surface area contributed by atoms with E-state index in [0.29, 0.717) is 6.42 Å². The van der Waals surface area contributed by atoms with Crippen molar-refractivity contribution in [2.75, 3.05) is 6.61 Å². The second kappa shape index (κ2) is 4.04. The summed E-state index contributed by atoms with van der Waals surface area (Å²) in [6.07, 6.45) is -0.827. The van der Waals surface area contributed by atoms with Crippen molar-refractivity contribution in [3.8, 4) is 0 Å². The van der Waals surface area contributed by atoms with Crippen LogP contribution in [-0.4, -0.2) is 34.1 Å². The molecule has 0 bridgehead atoms. The minimum absolute atomic E-state index is 0.302. The third-order valence-corrected chi connectivity index (χ3v) is 2.28. The molecule has 0 unspecified atom stereocenters. The molecule has 0 aliphatic heterocycles. The summed E-state index contributed by atoms with van der Waals surface area (Å²) in [5, 5.41) is 27.3. The summed E-state index contributed by atoms with van der Waals surface area (Å²) in [6.45, 7) is 5.02. The smallest absolute Gasteiger partial charge is 0.0846 e. The van der Waals surface area contributed by atoms with Gasteiger partial charge in [-0.1, -0.05) is 20.8 Å². The van der Waals surface area contributed by atoms with Gasteiger partial charge in [0, 0.05) is 5.41 Å². The average Bonchev–Trinajstić information content (AvgIpc) is 2.01. The number of aliphatic hydroxyl groups is 3. The van der Waals surface area contributed by atoms with Crippen LogP contribution in [0.4, 0.5) is 0 Å². The fourth-order valence-corrected chi connectivity index (χ4v) is 0.983. The predicted molar refractivity (Wildman–Crippen MR) is 43.2 cm³/mol. The normalized spacial score (nSPS) is 18.0. The predicted octanol–water partition coefficient (Wildman–Crippen LogP) is 0.137. The van der Waals surface area contributed by atoms with Crippen LogP contribution in [0.25, 0.3) is 0 Å². The lowest BCUT2D eigenvalue weighted by atomic mass is 9.80. The van der Waals surface area contributed by atoms with E-state index in [4.69, 9.17) is 5.11 Å². The molecule has 0 aromatic carbocycles. The maximum Gasteiger partial charge on any atom is 0.0846 e. The van der Waals surface area contributed by atoms with Crippen molar-refractivity contribution in [2.45, 2.75) is 39.4 Å². The largest absolute Gasteiger partial charge is 0.394 e. The van der Waals surface area contributed by atoms with Crippen LogP contribution in [0.5, 0.6) is 0 Å². The number of rotatable bonds is 4. The van der Waals surface area contributed by atoms with Gasteiger partial charge < -0.3 is 15.3 Å². The number of aliphatic hydroxyl groups excluding tert-OH is 3. The highest BCUT2D eigenvalue weighted by Crippen LogP contribution is 2.26. The van der Waals surface area contributed by atoms with Crippen LogP contribution in [0, 0.1) is 5.41 Å². The standard InChI is InChI=1S/C8H18O3/c1-4-6(10)8(2,3)7(11)5-9/h6-7,9-11H,4-5H2,1-3H3/t6-,7+/m1/s1. The summed E-state index contributed by atoms with van der Waals surface area (Å²) in [5.74, 6) is 0. The van der Waals surface area contributed by atoms with Crippen molar-refractivity contribution in [2.24, 2.45) is 5.41 Å². The molecule has 3 nitrogen and oxygen atoms in total. The summed E-state index contributed by atoms with van der Waals surface area (Å²) in [4.78, 5) is 0. The minimum Gasteiger partial charge on any atom is -0.394 e. The molecule has 3 N–H and O–H groups in total. The zero-order chi connectivity index (χ0) is 9.07. The van der Waals surface area contributed by atoms with Crippen LogP contribution in [0.3, 0.4) is 0 Å². The summed E-state index contributed by atoms with van der Waals surface area (Å²) >= 11 is 0. The van der Waals surface area contributed by atoms with Crippen LogP contribution in [-0.2, 0) is 0 Å². The molecule has 0 rings (SSSR count). The van der Waals surface area contributed by atoms with Crippen LogP contribution in [0.1, 0.15) is 27.2 Å². The zero-order valence-electron chi connectivity index (χ0n) is 7.41. The van der Waals surface area contributed by atoms with Gasteiger partial charge in [-0.3, -0.25) is 0 Å². The molecule has 0 saturated heterocycles. The summed E-state index contributed by atoms with van der Waals surface area (Å²) in [7, 11) is 0. The van der Waals surface area contributed by atoms with Crippen molar-refractivity contribution in [3.63, 3.8) is 0 Å². The quantitative estimate of drug-likeness (QED) is 0.551. The first-order valence-electron chi connectivity index (χ1n) is 3.93. The van der Waals surface area contributed by atoms with Crippen molar-refractivity contribution in [1.29, 1.82) is 0 Å². The molecule has 3 heteroatoms. The van der Waals surface area contributed by atoms with E-state index < -0.39 is 17.6 Å². The van der Waals surface area contributed by atoms with Crippen LogP contribution in [0.15, 0.2) is 0 Å². The lowest BCUT2D eigenvalue weighted by Crippen LogP contribution is -2.42. The van der Waals surface area contributed by atoms with Crippen LogP contribution < -0.4 is 0 Å². The Morgan fingerprint density at radius 3 is 1.91 bits per heavy atom. The van der Waals surface area contributed by atoms with Gasteiger partial charge in [0.05, 0.1) is 18.8 Å². The molecule has 0 fully saturated rings. The second-order valence-corrected chi connectivity index (χ2v) is 3.44. The van der Waals surface area contributed by atoms with E-state index in [0.717, 1.165) is 0 Å². The summed E-state index contributed by atoms with van der Waals surface area (Å²) in [6, 6.07) is 0. The Morgan fingerprint density at radius 1 is 1.18 bits per heavy atom. The van der Waals surface area contributed by atoms with Gasteiger partial charge in [-0.05, 0) is 6.42 Å². The van der Waals surface area contributed by atoms with E-state index >= 15 is 0 Å². The molecule has 68 valence electrons. The first-order valence-corrected chi connectivity index (χ1v) is 3.93.